The molecule has 0 unspecified atom stereocenters. The Labute approximate surface area is 117 Å². The Hall–Kier alpha value is -1.42. The van der Waals surface area contributed by atoms with E-state index in [0.717, 1.165) is 0 Å². The van der Waals surface area contributed by atoms with Gasteiger partial charge in [0.2, 0.25) is 10.0 Å². The average Bonchev–Trinajstić information content (AvgIpc) is 2.86. The predicted molar refractivity (Wildman–Crippen MR) is 72.1 cm³/mol. The molecule has 9 heteroatoms. The highest BCUT2D eigenvalue weighted by Gasteiger charge is 2.24. The lowest BCUT2D eigenvalue weighted by atomic mass is 10.2. The van der Waals surface area contributed by atoms with E-state index in [-0.39, 0.29) is 0 Å². The van der Waals surface area contributed by atoms with Crippen LogP contribution in [-0.2, 0) is 16.6 Å². The SMILES string of the molecule is CS(=O)(=O)N1CCN(Cc2cc(C(=O)NN)co2)CC1. The molecule has 0 spiro atoms. The van der Waals surface area contributed by atoms with Gasteiger partial charge in [-0.1, -0.05) is 0 Å². The number of sulfonamides is 1. The van der Waals surface area contributed by atoms with Crippen molar-refractivity contribution in [1.82, 2.24) is 14.6 Å². The summed E-state index contributed by atoms with van der Waals surface area (Å²) in [7, 11) is -3.12. The van der Waals surface area contributed by atoms with Crippen molar-refractivity contribution < 1.29 is 17.6 Å². The van der Waals surface area contributed by atoms with Gasteiger partial charge in [-0.05, 0) is 6.07 Å². The first kappa shape index (κ1) is 15.0. The van der Waals surface area contributed by atoms with Crippen LogP contribution < -0.4 is 11.3 Å². The molecule has 0 saturated carbocycles. The van der Waals surface area contributed by atoms with E-state index >= 15 is 0 Å². The Balaban J connectivity index is 1.90. The number of piperazine rings is 1. The minimum atomic E-state index is -3.12. The van der Waals surface area contributed by atoms with Crippen molar-refractivity contribution in [3.8, 4) is 0 Å². The Morgan fingerprint density at radius 1 is 1.40 bits per heavy atom. The van der Waals surface area contributed by atoms with Crippen molar-refractivity contribution >= 4 is 15.9 Å². The summed E-state index contributed by atoms with van der Waals surface area (Å²) in [5.41, 5.74) is 2.41. The molecule has 1 aromatic heterocycles. The van der Waals surface area contributed by atoms with Gasteiger partial charge in [-0.2, -0.15) is 4.31 Å². The molecule has 0 atom stereocenters. The van der Waals surface area contributed by atoms with Crippen LogP contribution in [0, 0.1) is 0 Å². The van der Waals surface area contributed by atoms with Gasteiger partial charge >= 0.3 is 0 Å². The monoisotopic (exact) mass is 302 g/mol. The molecule has 2 heterocycles. The number of furan rings is 1. The summed E-state index contributed by atoms with van der Waals surface area (Å²) in [4.78, 5) is 13.4. The normalized spacial score (nSPS) is 18.1. The third kappa shape index (κ3) is 3.57. The maximum atomic E-state index is 11.4. The number of amides is 1. The highest BCUT2D eigenvalue weighted by molar-refractivity contribution is 7.88. The molecule has 3 N–H and O–H groups in total. The molecule has 1 aromatic rings. The van der Waals surface area contributed by atoms with Gasteiger partial charge in [0.15, 0.2) is 0 Å². The van der Waals surface area contributed by atoms with Gasteiger partial charge in [0.05, 0.1) is 18.4 Å². The van der Waals surface area contributed by atoms with Crippen LogP contribution >= 0.6 is 0 Å². The van der Waals surface area contributed by atoms with Crippen molar-refractivity contribution in [2.45, 2.75) is 6.54 Å². The lowest BCUT2D eigenvalue weighted by molar-refractivity contribution is 0.0953. The number of carbonyl (C=O) groups is 1. The highest BCUT2D eigenvalue weighted by Crippen LogP contribution is 2.13. The molecule has 1 amide bonds. The summed E-state index contributed by atoms with van der Waals surface area (Å²) in [6.45, 7) is 2.74. The number of nitrogens with one attached hydrogen (secondary N) is 1. The van der Waals surface area contributed by atoms with Crippen LogP contribution in [0.3, 0.4) is 0 Å². The molecule has 1 fully saturated rings. The van der Waals surface area contributed by atoms with Gasteiger partial charge in [-0.3, -0.25) is 15.1 Å². The Kier molecular flexibility index (Phi) is 4.43. The number of hydrogen-bond donors (Lipinski definition) is 2. The molecule has 1 aliphatic heterocycles. The van der Waals surface area contributed by atoms with Gasteiger partial charge in [-0.25, -0.2) is 14.3 Å². The lowest BCUT2D eigenvalue weighted by Crippen LogP contribution is -2.47. The second-order valence-electron chi connectivity index (χ2n) is 4.71. The zero-order chi connectivity index (χ0) is 14.8. The number of nitrogen functional groups attached to an aromatic ring is 1. The number of hydrogen-bond acceptors (Lipinski definition) is 6. The van der Waals surface area contributed by atoms with Crippen LogP contribution in [0.4, 0.5) is 0 Å². The Morgan fingerprint density at radius 2 is 2.05 bits per heavy atom. The maximum absolute atomic E-state index is 11.4. The molecule has 0 aliphatic carbocycles. The van der Waals surface area contributed by atoms with E-state index in [1.165, 1.54) is 16.8 Å². The van der Waals surface area contributed by atoms with Gasteiger partial charge in [-0.15, -0.1) is 0 Å². The highest BCUT2D eigenvalue weighted by atomic mass is 32.2. The molecule has 112 valence electrons. The molecule has 2 rings (SSSR count). The fourth-order valence-corrected chi connectivity index (χ4v) is 2.93. The fourth-order valence-electron chi connectivity index (χ4n) is 2.11. The van der Waals surface area contributed by atoms with E-state index in [1.807, 2.05) is 5.43 Å². The molecule has 20 heavy (non-hydrogen) atoms. The van der Waals surface area contributed by atoms with Crippen molar-refractivity contribution in [2.75, 3.05) is 32.4 Å². The van der Waals surface area contributed by atoms with Crippen molar-refractivity contribution in [1.29, 1.82) is 0 Å². The topological polar surface area (TPSA) is 109 Å². The van der Waals surface area contributed by atoms with E-state index in [9.17, 15) is 13.2 Å². The van der Waals surface area contributed by atoms with Crippen LogP contribution in [0.1, 0.15) is 16.1 Å². The van der Waals surface area contributed by atoms with Crippen molar-refractivity contribution in [3.05, 3.63) is 23.7 Å². The largest absolute Gasteiger partial charge is 0.467 e. The molecule has 1 saturated heterocycles. The zero-order valence-electron chi connectivity index (χ0n) is 11.2. The van der Waals surface area contributed by atoms with E-state index in [0.29, 0.717) is 44.0 Å². The molecule has 0 aromatic carbocycles. The van der Waals surface area contributed by atoms with E-state index in [4.69, 9.17) is 10.3 Å². The number of hydrazine groups is 1. The van der Waals surface area contributed by atoms with Crippen LogP contribution in [0.25, 0.3) is 0 Å². The van der Waals surface area contributed by atoms with Crippen LogP contribution in [0.5, 0.6) is 0 Å². The Bertz CT molecular complexity index is 575. The third-order valence-electron chi connectivity index (χ3n) is 3.23. The molecule has 0 radical (unpaired) electrons. The number of nitrogens with two attached hydrogens (primary N) is 1. The lowest BCUT2D eigenvalue weighted by Gasteiger charge is -2.32. The minimum Gasteiger partial charge on any atom is -0.467 e. The van der Waals surface area contributed by atoms with Crippen LogP contribution in [-0.4, -0.2) is 56.0 Å². The molecular weight excluding hydrogens is 284 g/mol. The number of nitrogens with zero attached hydrogens (tertiary/aromatic N) is 2. The quantitative estimate of drug-likeness (QED) is 0.418. The zero-order valence-corrected chi connectivity index (χ0v) is 12.0. The van der Waals surface area contributed by atoms with Crippen LogP contribution in [0.15, 0.2) is 16.7 Å². The maximum Gasteiger partial charge on any atom is 0.268 e. The smallest absolute Gasteiger partial charge is 0.268 e. The molecule has 8 nitrogen and oxygen atoms in total. The summed E-state index contributed by atoms with van der Waals surface area (Å²) < 4.78 is 29.5. The molecule has 1 aliphatic rings. The van der Waals surface area contributed by atoms with Crippen molar-refractivity contribution in [3.63, 3.8) is 0 Å². The fraction of sp³-hybridized carbons (Fsp3) is 0.545. The first-order chi connectivity index (χ1) is 9.40. The predicted octanol–water partition coefficient (Wildman–Crippen LogP) is -1.04. The summed E-state index contributed by atoms with van der Waals surface area (Å²) in [6.07, 6.45) is 2.57. The number of rotatable bonds is 4. The first-order valence-corrected chi connectivity index (χ1v) is 8.01. The first-order valence-electron chi connectivity index (χ1n) is 6.16. The van der Waals surface area contributed by atoms with E-state index in [2.05, 4.69) is 4.90 Å². The van der Waals surface area contributed by atoms with Gasteiger partial charge < -0.3 is 4.42 Å². The van der Waals surface area contributed by atoms with Crippen molar-refractivity contribution in [2.24, 2.45) is 5.84 Å². The second kappa shape index (κ2) is 5.92. The summed E-state index contributed by atoms with van der Waals surface area (Å²) in [5, 5.41) is 0. The number of carbonyl (C=O) groups excluding carboxylic acids is 1. The van der Waals surface area contributed by atoms with Gasteiger partial charge in [0, 0.05) is 26.2 Å². The van der Waals surface area contributed by atoms with Gasteiger partial charge in [0.1, 0.15) is 12.0 Å². The summed E-state index contributed by atoms with van der Waals surface area (Å²) >= 11 is 0. The summed E-state index contributed by atoms with van der Waals surface area (Å²) in [5.74, 6) is 5.29. The third-order valence-corrected chi connectivity index (χ3v) is 4.53. The van der Waals surface area contributed by atoms with E-state index < -0.39 is 15.9 Å². The van der Waals surface area contributed by atoms with E-state index in [1.54, 1.807) is 6.07 Å². The summed E-state index contributed by atoms with van der Waals surface area (Å²) in [6, 6.07) is 1.63. The Morgan fingerprint density at radius 3 is 2.60 bits per heavy atom. The standard InChI is InChI=1S/C11H18N4O4S/c1-20(17,18)15-4-2-14(3-5-15)7-10-6-9(8-19-10)11(16)13-12/h6,8H,2-5,7,12H2,1H3,(H,13,16). The minimum absolute atomic E-state index is 0.372. The second-order valence-corrected chi connectivity index (χ2v) is 6.70. The van der Waals surface area contributed by atoms with Crippen LogP contribution in [0.2, 0.25) is 0 Å². The molecular formula is C11H18N4O4S. The molecule has 0 bridgehead atoms. The average molecular weight is 302 g/mol. The van der Waals surface area contributed by atoms with Gasteiger partial charge in [0.25, 0.3) is 5.91 Å².